The van der Waals surface area contributed by atoms with E-state index in [4.69, 9.17) is 4.74 Å². The molecule has 1 aliphatic rings. The summed E-state index contributed by atoms with van der Waals surface area (Å²) in [6.07, 6.45) is 0. The first-order valence-corrected chi connectivity index (χ1v) is 8.46. The van der Waals surface area contributed by atoms with E-state index in [2.05, 4.69) is 17.0 Å². The third kappa shape index (κ3) is 4.77. The van der Waals surface area contributed by atoms with E-state index in [9.17, 15) is 9.90 Å². The Morgan fingerprint density at radius 3 is 2.67 bits per heavy atom. The van der Waals surface area contributed by atoms with E-state index in [-0.39, 0.29) is 35.1 Å². The van der Waals surface area contributed by atoms with Crippen molar-refractivity contribution in [2.75, 3.05) is 19.4 Å². The summed E-state index contributed by atoms with van der Waals surface area (Å²) in [4.78, 5) is 14.5. The second kappa shape index (κ2) is 8.92. The number of hydrogen-bond acceptors (Lipinski definition) is 5. The Hall–Kier alpha value is -0.980. The van der Waals surface area contributed by atoms with E-state index in [0.29, 0.717) is 0 Å². The summed E-state index contributed by atoms with van der Waals surface area (Å²) in [5.41, 5.74) is 2.60. The van der Waals surface area contributed by atoms with Crippen molar-refractivity contribution in [1.82, 2.24) is 4.90 Å². The molecule has 0 saturated carbocycles. The molecule has 0 radical (unpaired) electrons. The molecule has 120 valence electrons. The Kier molecular flexibility index (Phi) is 7.19. The monoisotopic (exact) mass is 351 g/mol. The summed E-state index contributed by atoms with van der Waals surface area (Å²) >= 11 is 1.87. The quantitative estimate of drug-likeness (QED) is 0.673. The van der Waals surface area contributed by atoms with Crippen molar-refractivity contribution in [2.45, 2.75) is 18.0 Å². The average molecular weight is 351 g/mol. The fourth-order valence-electron chi connectivity index (χ4n) is 2.69. The van der Waals surface area contributed by atoms with E-state index in [0.717, 1.165) is 36.7 Å². The SMILES string of the molecule is COc1ccc2c(c1)CN(Cc1ccc(C(=O)[O-])cc1)CCS2.[Na+]. The van der Waals surface area contributed by atoms with Gasteiger partial charge in [-0.25, -0.2) is 0 Å². The van der Waals surface area contributed by atoms with Crippen molar-refractivity contribution in [1.29, 1.82) is 0 Å². The molecule has 4 nitrogen and oxygen atoms in total. The number of rotatable bonds is 4. The van der Waals surface area contributed by atoms with E-state index in [1.807, 2.05) is 30.0 Å². The summed E-state index contributed by atoms with van der Waals surface area (Å²) in [6.45, 7) is 2.65. The van der Waals surface area contributed by atoms with Gasteiger partial charge in [0, 0.05) is 30.3 Å². The maximum Gasteiger partial charge on any atom is 1.00 e. The van der Waals surface area contributed by atoms with Crippen LogP contribution in [0.5, 0.6) is 5.75 Å². The van der Waals surface area contributed by atoms with Gasteiger partial charge in [0.25, 0.3) is 0 Å². The van der Waals surface area contributed by atoms with Crippen LogP contribution in [0.4, 0.5) is 0 Å². The van der Waals surface area contributed by atoms with Crippen LogP contribution in [0.2, 0.25) is 0 Å². The fourth-order valence-corrected chi connectivity index (χ4v) is 3.73. The van der Waals surface area contributed by atoms with Gasteiger partial charge in [-0.1, -0.05) is 24.3 Å². The molecule has 0 aromatic heterocycles. The van der Waals surface area contributed by atoms with Gasteiger partial charge >= 0.3 is 29.6 Å². The predicted octanol–water partition coefficient (Wildman–Crippen LogP) is -0.829. The number of thioether (sulfide) groups is 1. The maximum atomic E-state index is 10.8. The number of carboxylic acids is 1. The Balaban J connectivity index is 0.00000208. The minimum atomic E-state index is -1.14. The minimum Gasteiger partial charge on any atom is -0.545 e. The van der Waals surface area contributed by atoms with Gasteiger partial charge in [-0.2, -0.15) is 0 Å². The third-order valence-corrected chi connectivity index (χ3v) is 5.02. The van der Waals surface area contributed by atoms with Gasteiger partial charge in [-0.05, 0) is 34.9 Å². The molecular formula is C18H18NNaO3S. The summed E-state index contributed by atoms with van der Waals surface area (Å²) in [5, 5.41) is 10.8. The van der Waals surface area contributed by atoms with Crippen LogP contribution in [0.3, 0.4) is 0 Å². The maximum absolute atomic E-state index is 10.8. The fraction of sp³-hybridized carbons (Fsp3) is 0.278. The Morgan fingerprint density at radius 1 is 1.25 bits per heavy atom. The van der Waals surface area contributed by atoms with E-state index >= 15 is 0 Å². The van der Waals surface area contributed by atoms with Gasteiger partial charge in [0.1, 0.15) is 5.75 Å². The number of carboxylic acid groups (broad SMARTS) is 1. The second-order valence-corrected chi connectivity index (χ2v) is 6.65. The molecule has 0 saturated heterocycles. The number of benzene rings is 2. The number of carbonyl (C=O) groups is 1. The number of hydrogen-bond donors (Lipinski definition) is 0. The summed E-state index contributed by atoms with van der Waals surface area (Å²) in [5.74, 6) is 0.782. The van der Waals surface area contributed by atoms with Crippen LogP contribution in [0, 0.1) is 0 Å². The van der Waals surface area contributed by atoms with Gasteiger partial charge < -0.3 is 14.6 Å². The van der Waals surface area contributed by atoms with Crippen LogP contribution in [0.1, 0.15) is 21.5 Å². The van der Waals surface area contributed by atoms with Crippen molar-refractivity contribution in [3.05, 3.63) is 59.2 Å². The smallest absolute Gasteiger partial charge is 0.545 e. The first-order chi connectivity index (χ1) is 11.2. The van der Waals surface area contributed by atoms with E-state index in [1.165, 1.54) is 10.5 Å². The second-order valence-electron chi connectivity index (χ2n) is 5.52. The van der Waals surface area contributed by atoms with Crippen LogP contribution >= 0.6 is 11.8 Å². The van der Waals surface area contributed by atoms with Gasteiger partial charge in [0.05, 0.1) is 13.1 Å². The largest absolute Gasteiger partial charge is 1.00 e. The van der Waals surface area contributed by atoms with Crippen molar-refractivity contribution >= 4 is 17.7 Å². The number of carbonyl (C=O) groups excluding carboxylic acids is 1. The van der Waals surface area contributed by atoms with Crippen LogP contribution in [0.15, 0.2) is 47.4 Å². The predicted molar refractivity (Wildman–Crippen MR) is 88.6 cm³/mol. The number of nitrogens with zero attached hydrogens (tertiary/aromatic N) is 1. The van der Waals surface area contributed by atoms with Gasteiger partial charge in [0.15, 0.2) is 0 Å². The van der Waals surface area contributed by atoms with Crippen LogP contribution in [0.25, 0.3) is 0 Å². The molecule has 3 rings (SSSR count). The molecule has 2 aromatic carbocycles. The van der Waals surface area contributed by atoms with Crippen molar-refractivity contribution in [3.63, 3.8) is 0 Å². The van der Waals surface area contributed by atoms with Crippen LogP contribution < -0.4 is 39.4 Å². The van der Waals surface area contributed by atoms with E-state index < -0.39 is 5.97 Å². The molecule has 2 aromatic rings. The normalized spacial score (nSPS) is 14.2. The Labute approximate surface area is 168 Å². The number of aromatic carboxylic acids is 1. The molecule has 0 N–H and O–H groups in total. The number of methoxy groups -OCH3 is 1. The number of fused-ring (bicyclic) bond motifs is 1. The standard InChI is InChI=1S/C18H19NO3S.Na/c1-22-16-6-7-17-15(10-16)12-19(8-9-23-17)11-13-2-4-14(5-3-13)18(20)21;/h2-7,10H,8-9,11-12H2,1H3,(H,20,21);/q;+1/p-1. The van der Waals surface area contributed by atoms with Crippen LogP contribution in [-0.2, 0) is 13.1 Å². The zero-order chi connectivity index (χ0) is 16.2. The molecular weight excluding hydrogens is 333 g/mol. The van der Waals surface area contributed by atoms with Crippen molar-refractivity contribution < 1.29 is 44.2 Å². The van der Waals surface area contributed by atoms with Crippen molar-refractivity contribution in [3.8, 4) is 5.75 Å². The molecule has 1 heterocycles. The molecule has 24 heavy (non-hydrogen) atoms. The molecule has 0 atom stereocenters. The average Bonchev–Trinajstić information content (AvgIpc) is 2.76. The molecule has 0 spiro atoms. The van der Waals surface area contributed by atoms with Crippen LogP contribution in [-0.4, -0.2) is 30.3 Å². The molecule has 1 aliphatic heterocycles. The Bertz CT molecular complexity index is 706. The number of ether oxygens (including phenoxy) is 1. The van der Waals surface area contributed by atoms with Gasteiger partial charge in [0.2, 0.25) is 0 Å². The van der Waals surface area contributed by atoms with Gasteiger partial charge in [-0.3, -0.25) is 4.90 Å². The molecule has 0 amide bonds. The van der Waals surface area contributed by atoms with Gasteiger partial charge in [-0.15, -0.1) is 11.8 Å². The van der Waals surface area contributed by atoms with Crippen molar-refractivity contribution in [2.24, 2.45) is 0 Å². The summed E-state index contributed by atoms with van der Waals surface area (Å²) in [7, 11) is 1.68. The first kappa shape index (κ1) is 19.3. The molecule has 6 heteroatoms. The molecule has 0 bridgehead atoms. The minimum absolute atomic E-state index is 0. The zero-order valence-corrected chi connectivity index (χ0v) is 16.8. The summed E-state index contributed by atoms with van der Waals surface area (Å²) in [6, 6.07) is 13.1. The molecule has 0 aliphatic carbocycles. The Morgan fingerprint density at radius 2 is 2.00 bits per heavy atom. The zero-order valence-electron chi connectivity index (χ0n) is 14.0. The first-order valence-electron chi connectivity index (χ1n) is 7.48. The summed E-state index contributed by atoms with van der Waals surface area (Å²) < 4.78 is 5.32. The molecule has 0 unspecified atom stereocenters. The molecule has 0 fully saturated rings. The third-order valence-electron chi connectivity index (χ3n) is 3.92. The van der Waals surface area contributed by atoms with E-state index in [1.54, 1.807) is 19.2 Å². The topological polar surface area (TPSA) is 52.6 Å².